The molecule has 0 heterocycles. The van der Waals surface area contributed by atoms with E-state index in [0.717, 1.165) is 30.4 Å². The molecule has 0 aromatic heterocycles. The van der Waals surface area contributed by atoms with Crippen LogP contribution in [0.4, 0.5) is 5.69 Å². The topological polar surface area (TPSA) is 72.5 Å². The van der Waals surface area contributed by atoms with Gasteiger partial charge in [0.15, 0.2) is 5.75 Å². The molecule has 0 unspecified atom stereocenters. The first-order chi connectivity index (χ1) is 7.15. The molecule has 0 saturated heterocycles. The van der Waals surface area contributed by atoms with Gasteiger partial charge in [0.25, 0.3) is 0 Å². The van der Waals surface area contributed by atoms with Crippen LogP contribution in [-0.2, 0) is 17.6 Å². The maximum Gasteiger partial charge on any atom is 0.341 e. The number of hydrogen-bond acceptors (Lipinski definition) is 4. The fraction of sp³-hybridized carbons (Fsp3) is 0.364. The van der Waals surface area contributed by atoms with E-state index in [2.05, 4.69) is 4.74 Å². The number of ether oxygens (including phenoxy) is 1. The number of benzene rings is 1. The molecule has 0 aliphatic heterocycles. The normalized spacial score (nSPS) is 13.7. The van der Waals surface area contributed by atoms with Crippen LogP contribution in [0.1, 0.15) is 27.9 Å². The first kappa shape index (κ1) is 9.83. The van der Waals surface area contributed by atoms with Gasteiger partial charge in [-0.25, -0.2) is 4.79 Å². The van der Waals surface area contributed by atoms with E-state index in [4.69, 9.17) is 5.73 Å². The maximum absolute atomic E-state index is 11.3. The number of aryl methyl sites for hydroxylation is 1. The van der Waals surface area contributed by atoms with Crippen LogP contribution in [0.5, 0.6) is 5.75 Å². The Morgan fingerprint density at radius 1 is 1.53 bits per heavy atom. The van der Waals surface area contributed by atoms with Crippen LogP contribution in [0, 0.1) is 0 Å². The molecule has 1 aromatic rings. The fourth-order valence-corrected chi connectivity index (χ4v) is 2.03. The number of rotatable bonds is 1. The molecule has 3 N–H and O–H groups in total. The smallest absolute Gasteiger partial charge is 0.341 e. The number of methoxy groups -OCH3 is 1. The van der Waals surface area contributed by atoms with Gasteiger partial charge in [-0.15, -0.1) is 0 Å². The molecule has 80 valence electrons. The zero-order chi connectivity index (χ0) is 11.0. The number of carbonyl (C=O) groups is 1. The van der Waals surface area contributed by atoms with Gasteiger partial charge in [-0.2, -0.15) is 0 Å². The van der Waals surface area contributed by atoms with Crippen molar-refractivity contribution in [2.45, 2.75) is 19.3 Å². The Bertz CT molecular complexity index is 426. The van der Waals surface area contributed by atoms with Gasteiger partial charge >= 0.3 is 5.97 Å². The number of esters is 1. The molecular weight excluding hydrogens is 194 g/mol. The minimum atomic E-state index is -0.547. The predicted octanol–water partition coefficient (Wildman–Crippen LogP) is 1.25. The summed E-state index contributed by atoms with van der Waals surface area (Å²) in [6.07, 6.45) is 2.80. The second-order valence-corrected chi connectivity index (χ2v) is 3.67. The van der Waals surface area contributed by atoms with Gasteiger partial charge in [0, 0.05) is 0 Å². The molecule has 1 aromatic carbocycles. The van der Waals surface area contributed by atoms with E-state index in [9.17, 15) is 9.90 Å². The quantitative estimate of drug-likeness (QED) is 0.413. The summed E-state index contributed by atoms with van der Waals surface area (Å²) in [6.45, 7) is 0. The number of nitrogen functional groups attached to an aromatic ring is 1. The zero-order valence-electron chi connectivity index (χ0n) is 8.54. The number of hydrogen-bond donors (Lipinski definition) is 2. The van der Waals surface area contributed by atoms with E-state index >= 15 is 0 Å². The summed E-state index contributed by atoms with van der Waals surface area (Å²) in [5.74, 6) is -0.698. The first-order valence-corrected chi connectivity index (χ1v) is 4.86. The van der Waals surface area contributed by atoms with E-state index in [1.165, 1.54) is 7.11 Å². The lowest BCUT2D eigenvalue weighted by Crippen LogP contribution is -2.05. The van der Waals surface area contributed by atoms with Crippen molar-refractivity contribution in [1.82, 2.24) is 0 Å². The van der Waals surface area contributed by atoms with Crippen LogP contribution in [-0.4, -0.2) is 18.2 Å². The van der Waals surface area contributed by atoms with E-state index in [1.807, 2.05) is 0 Å². The molecule has 0 amide bonds. The minimum Gasteiger partial charge on any atom is -0.505 e. The number of aromatic hydroxyl groups is 1. The molecule has 0 fully saturated rings. The highest BCUT2D eigenvalue weighted by Gasteiger charge is 2.22. The number of carbonyl (C=O) groups excluding carboxylic acids is 1. The van der Waals surface area contributed by atoms with Gasteiger partial charge in [-0.05, 0) is 36.5 Å². The van der Waals surface area contributed by atoms with Crippen LogP contribution in [0.3, 0.4) is 0 Å². The van der Waals surface area contributed by atoms with Gasteiger partial charge in [0.2, 0.25) is 0 Å². The average Bonchev–Trinajstić information content (AvgIpc) is 2.70. The maximum atomic E-state index is 11.3. The van der Waals surface area contributed by atoms with E-state index in [0.29, 0.717) is 5.69 Å². The first-order valence-electron chi connectivity index (χ1n) is 4.86. The summed E-state index contributed by atoms with van der Waals surface area (Å²) in [5, 5.41) is 9.74. The third-order valence-corrected chi connectivity index (χ3v) is 2.82. The monoisotopic (exact) mass is 207 g/mol. The largest absolute Gasteiger partial charge is 0.505 e. The third-order valence-electron chi connectivity index (χ3n) is 2.82. The molecule has 0 spiro atoms. The molecule has 2 rings (SSSR count). The summed E-state index contributed by atoms with van der Waals surface area (Å²) in [7, 11) is 1.28. The van der Waals surface area contributed by atoms with Crippen molar-refractivity contribution in [3.8, 4) is 5.75 Å². The van der Waals surface area contributed by atoms with Crippen LogP contribution in [0.15, 0.2) is 6.07 Å². The van der Waals surface area contributed by atoms with Crippen LogP contribution < -0.4 is 5.73 Å². The van der Waals surface area contributed by atoms with Gasteiger partial charge in [-0.1, -0.05) is 0 Å². The molecule has 4 nitrogen and oxygen atoms in total. The molecule has 0 radical (unpaired) electrons. The van der Waals surface area contributed by atoms with Gasteiger partial charge in [0.05, 0.1) is 12.8 Å². The van der Waals surface area contributed by atoms with Gasteiger partial charge in [0.1, 0.15) is 5.56 Å². The van der Waals surface area contributed by atoms with Crippen molar-refractivity contribution in [2.75, 3.05) is 12.8 Å². The van der Waals surface area contributed by atoms with Crippen molar-refractivity contribution in [2.24, 2.45) is 0 Å². The summed E-state index contributed by atoms with van der Waals surface area (Å²) in [6, 6.07) is 1.68. The second-order valence-electron chi connectivity index (χ2n) is 3.67. The minimum absolute atomic E-state index is 0.150. The second kappa shape index (κ2) is 3.46. The van der Waals surface area contributed by atoms with E-state index in [1.54, 1.807) is 6.07 Å². The van der Waals surface area contributed by atoms with Crippen molar-refractivity contribution in [1.29, 1.82) is 0 Å². The lowest BCUT2D eigenvalue weighted by atomic mass is 10.0. The van der Waals surface area contributed by atoms with Crippen LogP contribution in [0.25, 0.3) is 0 Å². The molecular formula is C11H13NO3. The van der Waals surface area contributed by atoms with Gasteiger partial charge < -0.3 is 15.6 Å². The Kier molecular flexibility index (Phi) is 2.26. The Morgan fingerprint density at radius 2 is 2.27 bits per heavy atom. The van der Waals surface area contributed by atoms with Gasteiger partial charge in [-0.3, -0.25) is 0 Å². The highest BCUT2D eigenvalue weighted by atomic mass is 16.5. The number of nitrogens with two attached hydrogens (primary N) is 1. The molecule has 0 bridgehead atoms. The zero-order valence-corrected chi connectivity index (χ0v) is 8.54. The lowest BCUT2D eigenvalue weighted by Gasteiger charge is -2.10. The van der Waals surface area contributed by atoms with Crippen LogP contribution in [0.2, 0.25) is 0 Å². The number of phenols is 1. The number of anilines is 1. The average molecular weight is 207 g/mol. The van der Waals surface area contributed by atoms with Crippen LogP contribution >= 0.6 is 0 Å². The van der Waals surface area contributed by atoms with Crippen molar-refractivity contribution >= 4 is 11.7 Å². The Labute approximate surface area is 87.7 Å². The highest BCUT2D eigenvalue weighted by Crippen LogP contribution is 2.36. The van der Waals surface area contributed by atoms with E-state index in [-0.39, 0.29) is 11.3 Å². The molecule has 15 heavy (non-hydrogen) atoms. The standard InChI is InChI=1S/C11H13NO3/c1-15-11(14)8-5-6-3-2-4-7(6)9(12)10(8)13/h5,13H,2-4,12H2,1H3. The summed E-state index contributed by atoms with van der Waals surface area (Å²) in [5.41, 5.74) is 8.28. The summed E-state index contributed by atoms with van der Waals surface area (Å²) >= 11 is 0. The Balaban J connectivity index is 2.59. The predicted molar refractivity (Wildman–Crippen MR) is 55.9 cm³/mol. The van der Waals surface area contributed by atoms with Crippen molar-refractivity contribution in [3.05, 3.63) is 22.8 Å². The summed E-state index contributed by atoms with van der Waals surface area (Å²) < 4.78 is 4.58. The molecule has 0 saturated carbocycles. The highest BCUT2D eigenvalue weighted by molar-refractivity contribution is 5.95. The molecule has 4 heteroatoms. The summed E-state index contributed by atoms with van der Waals surface area (Å²) in [4.78, 5) is 11.3. The van der Waals surface area contributed by atoms with Crippen molar-refractivity contribution in [3.63, 3.8) is 0 Å². The molecule has 0 atom stereocenters. The molecule has 1 aliphatic rings. The van der Waals surface area contributed by atoms with Crippen molar-refractivity contribution < 1.29 is 14.6 Å². The lowest BCUT2D eigenvalue weighted by molar-refractivity contribution is 0.0597. The van der Waals surface area contributed by atoms with E-state index < -0.39 is 5.97 Å². The number of phenolic OH excluding ortho intramolecular Hbond substituents is 1. The molecule has 1 aliphatic carbocycles. The fourth-order valence-electron chi connectivity index (χ4n) is 2.03. The Hall–Kier alpha value is -1.71. The Morgan fingerprint density at radius 3 is 2.93 bits per heavy atom. The number of fused-ring (bicyclic) bond motifs is 1. The third kappa shape index (κ3) is 1.42. The SMILES string of the molecule is COC(=O)c1cc2c(c(N)c1O)CCC2.